The summed E-state index contributed by atoms with van der Waals surface area (Å²) in [7, 11) is 1.72. The van der Waals surface area contributed by atoms with Crippen LogP contribution in [0.25, 0.3) is 0 Å². The Hall–Kier alpha value is -0.870. The Balaban J connectivity index is 2.65. The normalized spacial score (nSPS) is 12.1. The highest BCUT2D eigenvalue weighted by atomic mass is 16.5. The van der Waals surface area contributed by atoms with Crippen molar-refractivity contribution in [1.82, 2.24) is 14.9 Å². The lowest BCUT2D eigenvalue weighted by molar-refractivity contribution is 0.185. The molecule has 1 rings (SSSR count). The zero-order valence-corrected chi connectivity index (χ0v) is 11.0. The maximum atomic E-state index is 5.10. The average molecular weight is 225 g/mol. The van der Waals surface area contributed by atoms with Crippen molar-refractivity contribution in [2.75, 3.05) is 13.7 Å². The van der Waals surface area contributed by atoms with E-state index in [1.54, 1.807) is 7.11 Å². The summed E-state index contributed by atoms with van der Waals surface area (Å²) in [5.41, 5.74) is 1.34. The number of ether oxygens (including phenoxy) is 1. The molecule has 0 aromatic carbocycles. The van der Waals surface area contributed by atoms with Crippen LogP contribution in [0.5, 0.6) is 0 Å². The molecule has 0 spiro atoms. The molecule has 4 nitrogen and oxygen atoms in total. The van der Waals surface area contributed by atoms with Crippen LogP contribution in [0, 0.1) is 6.92 Å². The summed E-state index contributed by atoms with van der Waals surface area (Å²) in [6, 6.07) is 0. The quantitative estimate of drug-likeness (QED) is 0.829. The van der Waals surface area contributed by atoms with Gasteiger partial charge in [-0.05, 0) is 27.7 Å². The predicted molar refractivity (Wildman–Crippen MR) is 65.4 cm³/mol. The number of nitrogens with one attached hydrogen (secondary N) is 1. The van der Waals surface area contributed by atoms with Crippen molar-refractivity contribution in [2.45, 2.75) is 46.3 Å². The van der Waals surface area contributed by atoms with E-state index < -0.39 is 0 Å². The average Bonchev–Trinajstić information content (AvgIpc) is 2.52. The zero-order valence-electron chi connectivity index (χ0n) is 11.0. The van der Waals surface area contributed by atoms with Crippen LogP contribution in [-0.4, -0.2) is 28.8 Å². The lowest BCUT2D eigenvalue weighted by Gasteiger charge is -2.21. The number of rotatable bonds is 5. The molecule has 0 bridgehead atoms. The molecule has 1 heterocycles. The van der Waals surface area contributed by atoms with Gasteiger partial charge < -0.3 is 14.6 Å². The molecule has 0 aliphatic rings. The summed E-state index contributed by atoms with van der Waals surface area (Å²) in [6.45, 7) is 10.9. The number of hydrogen-bond acceptors (Lipinski definition) is 3. The predicted octanol–water partition coefficient (Wildman–Crippen LogP) is 1.73. The second kappa shape index (κ2) is 5.46. The molecule has 0 aliphatic heterocycles. The van der Waals surface area contributed by atoms with Gasteiger partial charge in [-0.1, -0.05) is 0 Å². The molecule has 1 aromatic rings. The molecule has 1 N–H and O–H groups in total. The molecule has 0 fully saturated rings. The monoisotopic (exact) mass is 225 g/mol. The summed E-state index contributed by atoms with van der Waals surface area (Å²) < 4.78 is 7.30. The van der Waals surface area contributed by atoms with Gasteiger partial charge in [0, 0.05) is 31.9 Å². The molecule has 92 valence electrons. The molecule has 0 radical (unpaired) electrons. The van der Waals surface area contributed by atoms with Crippen molar-refractivity contribution < 1.29 is 4.74 Å². The summed E-state index contributed by atoms with van der Waals surface area (Å²) in [4.78, 5) is 4.34. The van der Waals surface area contributed by atoms with Crippen LogP contribution in [0.15, 0.2) is 6.20 Å². The van der Waals surface area contributed by atoms with Crippen LogP contribution in [0.1, 0.15) is 32.3 Å². The van der Waals surface area contributed by atoms with Crippen LogP contribution in [-0.2, 0) is 17.8 Å². The highest BCUT2D eigenvalue weighted by Gasteiger charge is 2.11. The van der Waals surface area contributed by atoms with Gasteiger partial charge in [-0.3, -0.25) is 0 Å². The fourth-order valence-corrected chi connectivity index (χ4v) is 1.50. The molecule has 0 amide bonds. The van der Waals surface area contributed by atoms with Crippen molar-refractivity contribution in [1.29, 1.82) is 0 Å². The van der Waals surface area contributed by atoms with E-state index in [-0.39, 0.29) is 5.54 Å². The minimum absolute atomic E-state index is 0.129. The Morgan fingerprint density at radius 2 is 2.12 bits per heavy atom. The molecule has 4 heteroatoms. The van der Waals surface area contributed by atoms with Gasteiger partial charge in [0.1, 0.15) is 5.82 Å². The summed E-state index contributed by atoms with van der Waals surface area (Å²) in [6.07, 6.45) is 1.93. The van der Waals surface area contributed by atoms with Crippen molar-refractivity contribution in [3.63, 3.8) is 0 Å². The third kappa shape index (κ3) is 3.94. The topological polar surface area (TPSA) is 39.1 Å². The lowest BCUT2D eigenvalue weighted by Crippen LogP contribution is -2.35. The number of hydrogen-bond donors (Lipinski definition) is 1. The Morgan fingerprint density at radius 1 is 1.44 bits per heavy atom. The van der Waals surface area contributed by atoms with Gasteiger partial charge in [0.05, 0.1) is 12.3 Å². The Morgan fingerprint density at radius 3 is 2.69 bits per heavy atom. The molecule has 0 aliphatic carbocycles. The fourth-order valence-electron chi connectivity index (χ4n) is 1.50. The molecule has 0 saturated carbocycles. The summed E-state index contributed by atoms with van der Waals surface area (Å²) in [5.74, 6) is 1.04. The van der Waals surface area contributed by atoms with Gasteiger partial charge >= 0.3 is 0 Å². The molecular formula is C12H23N3O. The Bertz CT molecular complexity index is 325. The van der Waals surface area contributed by atoms with E-state index in [1.807, 2.05) is 13.1 Å². The second-order valence-corrected chi connectivity index (χ2v) is 5.04. The largest absolute Gasteiger partial charge is 0.383 e. The van der Waals surface area contributed by atoms with Crippen molar-refractivity contribution in [3.05, 3.63) is 17.7 Å². The first-order valence-corrected chi connectivity index (χ1v) is 5.69. The molecule has 16 heavy (non-hydrogen) atoms. The van der Waals surface area contributed by atoms with E-state index in [4.69, 9.17) is 4.74 Å². The lowest BCUT2D eigenvalue weighted by atomic mass is 10.1. The molecule has 0 atom stereocenters. The molecule has 0 unspecified atom stereocenters. The second-order valence-electron chi connectivity index (χ2n) is 5.04. The molecular weight excluding hydrogens is 202 g/mol. The smallest absolute Gasteiger partial charge is 0.105 e. The van der Waals surface area contributed by atoms with Crippen LogP contribution in [0.3, 0.4) is 0 Å². The van der Waals surface area contributed by atoms with E-state index in [1.165, 1.54) is 5.69 Å². The highest BCUT2D eigenvalue weighted by Crippen LogP contribution is 2.07. The first-order valence-electron chi connectivity index (χ1n) is 5.69. The fraction of sp³-hybridized carbons (Fsp3) is 0.750. The van der Waals surface area contributed by atoms with Gasteiger partial charge in [-0.25, -0.2) is 4.98 Å². The van der Waals surface area contributed by atoms with Crippen LogP contribution >= 0.6 is 0 Å². The highest BCUT2D eigenvalue weighted by molar-refractivity contribution is 5.04. The van der Waals surface area contributed by atoms with Gasteiger partial charge in [-0.15, -0.1) is 0 Å². The standard InChI is InChI=1S/C12H23N3O/c1-10-13-8-11(9-14-12(2,3)4)15(10)6-7-16-5/h8,14H,6-7,9H2,1-5H3. The Labute approximate surface area is 98.0 Å². The van der Waals surface area contributed by atoms with E-state index in [0.29, 0.717) is 0 Å². The zero-order chi connectivity index (χ0) is 12.2. The van der Waals surface area contributed by atoms with Crippen molar-refractivity contribution in [3.8, 4) is 0 Å². The summed E-state index contributed by atoms with van der Waals surface area (Å²) in [5, 5.41) is 3.47. The van der Waals surface area contributed by atoms with Gasteiger partial charge in [-0.2, -0.15) is 0 Å². The number of aromatic nitrogens is 2. The van der Waals surface area contributed by atoms with Crippen LogP contribution in [0.2, 0.25) is 0 Å². The van der Waals surface area contributed by atoms with Crippen LogP contribution in [0.4, 0.5) is 0 Å². The third-order valence-corrected chi connectivity index (χ3v) is 2.46. The van der Waals surface area contributed by atoms with Crippen LogP contribution < -0.4 is 5.32 Å². The minimum Gasteiger partial charge on any atom is -0.383 e. The number of methoxy groups -OCH3 is 1. The Kier molecular flexibility index (Phi) is 4.50. The van der Waals surface area contributed by atoms with Crippen molar-refractivity contribution in [2.24, 2.45) is 0 Å². The molecule has 0 saturated heterocycles. The SMILES string of the molecule is COCCn1c(CNC(C)(C)C)cnc1C. The number of nitrogens with zero attached hydrogens (tertiary/aromatic N) is 2. The maximum absolute atomic E-state index is 5.10. The van der Waals surface area contributed by atoms with Crippen molar-refractivity contribution >= 4 is 0 Å². The van der Waals surface area contributed by atoms with Gasteiger partial charge in [0.2, 0.25) is 0 Å². The van der Waals surface area contributed by atoms with E-state index in [2.05, 4.69) is 35.6 Å². The maximum Gasteiger partial charge on any atom is 0.105 e. The summed E-state index contributed by atoms with van der Waals surface area (Å²) >= 11 is 0. The van der Waals surface area contributed by atoms with E-state index in [0.717, 1.165) is 25.5 Å². The van der Waals surface area contributed by atoms with Gasteiger partial charge in [0.15, 0.2) is 0 Å². The van der Waals surface area contributed by atoms with E-state index in [9.17, 15) is 0 Å². The minimum atomic E-state index is 0.129. The third-order valence-electron chi connectivity index (χ3n) is 2.46. The molecule has 1 aromatic heterocycles. The van der Waals surface area contributed by atoms with E-state index >= 15 is 0 Å². The first kappa shape index (κ1) is 13.2. The van der Waals surface area contributed by atoms with Gasteiger partial charge in [0.25, 0.3) is 0 Å². The number of imidazole rings is 1. The first-order chi connectivity index (χ1) is 7.44. The number of aryl methyl sites for hydroxylation is 1.